The van der Waals surface area contributed by atoms with E-state index in [1.54, 1.807) is 36.4 Å². The van der Waals surface area contributed by atoms with Gasteiger partial charge in [0.15, 0.2) is 10.7 Å². The molecule has 34 heavy (non-hydrogen) atoms. The number of nitrogens with zero attached hydrogens (tertiary/aromatic N) is 1. The summed E-state index contributed by atoms with van der Waals surface area (Å²) in [5.74, 6) is -0.158. The van der Waals surface area contributed by atoms with Crippen LogP contribution in [0.4, 0.5) is 5.69 Å². The zero-order chi connectivity index (χ0) is 24.4. The summed E-state index contributed by atoms with van der Waals surface area (Å²) in [6.45, 7) is 3.99. The smallest absolute Gasteiger partial charge is 0.250 e. The molecule has 4 rings (SSSR count). The van der Waals surface area contributed by atoms with Crippen LogP contribution in [0.25, 0.3) is 28.6 Å². The second kappa shape index (κ2) is 9.85. The minimum Gasteiger partial charge on any atom is -0.507 e. The number of halogens is 2. The highest BCUT2D eigenvalue weighted by Crippen LogP contribution is 2.34. The van der Waals surface area contributed by atoms with Crippen molar-refractivity contribution in [2.75, 3.05) is 5.32 Å². The highest BCUT2D eigenvalue weighted by Gasteiger charge is 2.15. The molecule has 6 nitrogen and oxygen atoms in total. The second-order valence-corrected chi connectivity index (χ2v) is 8.85. The molecule has 0 bridgehead atoms. The summed E-state index contributed by atoms with van der Waals surface area (Å²) >= 11 is 17.2. The van der Waals surface area contributed by atoms with Crippen molar-refractivity contribution in [3.63, 3.8) is 0 Å². The summed E-state index contributed by atoms with van der Waals surface area (Å²) in [4.78, 5) is 16.7. The molecule has 1 aromatic heterocycles. The normalized spacial score (nSPS) is 11.2. The molecule has 0 radical (unpaired) electrons. The van der Waals surface area contributed by atoms with Crippen LogP contribution in [0, 0.1) is 13.8 Å². The first-order valence-electron chi connectivity index (χ1n) is 10.2. The predicted octanol–water partition coefficient (Wildman–Crippen LogP) is 6.65. The predicted molar refractivity (Wildman–Crippen MR) is 140 cm³/mol. The van der Waals surface area contributed by atoms with Crippen LogP contribution in [0.3, 0.4) is 0 Å². The van der Waals surface area contributed by atoms with Gasteiger partial charge in [-0.1, -0.05) is 29.3 Å². The van der Waals surface area contributed by atoms with Crippen molar-refractivity contribution in [3.8, 4) is 17.2 Å². The average molecular weight is 512 g/mol. The topological polar surface area (TPSA) is 87.4 Å². The minimum absolute atomic E-state index is 0.00304. The van der Waals surface area contributed by atoms with E-state index in [-0.39, 0.29) is 16.8 Å². The monoisotopic (exact) mass is 511 g/mol. The third kappa shape index (κ3) is 5.39. The van der Waals surface area contributed by atoms with Gasteiger partial charge in [-0.05, 0) is 91.3 Å². The van der Waals surface area contributed by atoms with Crippen LogP contribution in [-0.2, 0) is 4.79 Å². The van der Waals surface area contributed by atoms with Gasteiger partial charge in [-0.15, -0.1) is 0 Å². The highest BCUT2D eigenvalue weighted by molar-refractivity contribution is 7.80. The number of oxazole rings is 1. The summed E-state index contributed by atoms with van der Waals surface area (Å²) < 4.78 is 5.86. The Kier molecular flexibility index (Phi) is 6.88. The van der Waals surface area contributed by atoms with Gasteiger partial charge < -0.3 is 14.8 Å². The number of aromatic hydroxyl groups is 1. The highest BCUT2D eigenvalue weighted by atomic mass is 35.5. The molecule has 0 aliphatic rings. The lowest BCUT2D eigenvalue weighted by atomic mass is 10.1. The van der Waals surface area contributed by atoms with Crippen LogP contribution < -0.4 is 10.6 Å². The second-order valence-electron chi connectivity index (χ2n) is 7.60. The number of rotatable bonds is 4. The van der Waals surface area contributed by atoms with Gasteiger partial charge in [-0.25, -0.2) is 4.98 Å². The summed E-state index contributed by atoms with van der Waals surface area (Å²) in [5, 5.41) is 16.9. The quantitative estimate of drug-likeness (QED) is 0.161. The number of benzene rings is 3. The third-order valence-electron chi connectivity index (χ3n) is 5.10. The molecule has 0 atom stereocenters. The van der Waals surface area contributed by atoms with Crippen LogP contribution in [0.5, 0.6) is 5.75 Å². The maximum atomic E-state index is 12.2. The lowest BCUT2D eigenvalue weighted by Gasteiger charge is -2.10. The molecule has 4 aromatic rings. The first-order chi connectivity index (χ1) is 16.2. The molecule has 1 heterocycles. The lowest BCUT2D eigenvalue weighted by molar-refractivity contribution is -0.115. The standard InChI is InChI=1S/C25H19Cl2N3O3S/c1-13-9-20-22(10-14(13)2)33-24(29-20)18-12-17(6-7-21(18)31)28-25(34)30-23(32)8-4-15-3-5-16(26)11-19(15)27/h3-12,31H,1-2H3,(H2,28,30,32,34). The van der Waals surface area contributed by atoms with E-state index in [1.807, 2.05) is 26.0 Å². The molecular formula is C25H19Cl2N3O3S. The fraction of sp³-hybridized carbons (Fsp3) is 0.0800. The van der Waals surface area contributed by atoms with Gasteiger partial charge >= 0.3 is 0 Å². The Hall–Kier alpha value is -3.39. The lowest BCUT2D eigenvalue weighted by Crippen LogP contribution is -2.32. The van der Waals surface area contributed by atoms with Crippen molar-refractivity contribution in [1.29, 1.82) is 0 Å². The number of hydrogen-bond acceptors (Lipinski definition) is 5. The Labute approximate surface area is 211 Å². The number of amides is 1. The van der Waals surface area contributed by atoms with Crippen LogP contribution in [-0.4, -0.2) is 21.1 Å². The van der Waals surface area contributed by atoms with Crippen molar-refractivity contribution in [3.05, 3.63) is 81.3 Å². The first-order valence-corrected chi connectivity index (χ1v) is 11.3. The summed E-state index contributed by atoms with van der Waals surface area (Å²) in [6.07, 6.45) is 2.87. The van der Waals surface area contributed by atoms with E-state index in [0.29, 0.717) is 38.0 Å². The number of fused-ring (bicyclic) bond motifs is 1. The van der Waals surface area contributed by atoms with Crippen molar-refractivity contribution >= 4 is 69.3 Å². The average Bonchev–Trinajstić information content (AvgIpc) is 3.17. The van der Waals surface area contributed by atoms with Gasteiger partial charge in [-0.2, -0.15) is 0 Å². The van der Waals surface area contributed by atoms with Crippen molar-refractivity contribution < 1.29 is 14.3 Å². The van der Waals surface area contributed by atoms with Crippen LogP contribution in [0.2, 0.25) is 10.0 Å². The number of aromatic nitrogens is 1. The Balaban J connectivity index is 1.47. The number of hydrogen-bond donors (Lipinski definition) is 3. The zero-order valence-electron chi connectivity index (χ0n) is 18.1. The molecule has 1 amide bonds. The van der Waals surface area contributed by atoms with Crippen molar-refractivity contribution in [1.82, 2.24) is 10.3 Å². The van der Waals surface area contributed by atoms with Crippen LogP contribution >= 0.6 is 35.4 Å². The summed E-state index contributed by atoms with van der Waals surface area (Å²) in [7, 11) is 0. The number of aryl methyl sites for hydroxylation is 2. The van der Waals surface area contributed by atoms with Gasteiger partial charge in [0, 0.05) is 21.8 Å². The fourth-order valence-electron chi connectivity index (χ4n) is 3.20. The fourth-order valence-corrected chi connectivity index (χ4v) is 3.89. The van der Waals surface area contributed by atoms with E-state index in [0.717, 1.165) is 11.1 Å². The molecule has 3 N–H and O–H groups in total. The Morgan fingerprint density at radius 2 is 1.85 bits per heavy atom. The van der Waals surface area contributed by atoms with Crippen LogP contribution in [0.15, 0.2) is 59.0 Å². The summed E-state index contributed by atoms with van der Waals surface area (Å²) in [5.41, 5.74) is 5.09. The molecule has 0 spiro atoms. The minimum atomic E-state index is -0.438. The van der Waals surface area contributed by atoms with Gasteiger partial charge in [0.05, 0.1) is 5.56 Å². The number of carbonyl (C=O) groups excluding carboxylic acids is 1. The third-order valence-corrected chi connectivity index (χ3v) is 5.87. The molecule has 0 aliphatic carbocycles. The number of carbonyl (C=O) groups is 1. The number of anilines is 1. The molecule has 0 aliphatic heterocycles. The van der Waals surface area contributed by atoms with Crippen molar-refractivity contribution in [2.24, 2.45) is 0 Å². The van der Waals surface area contributed by atoms with E-state index in [4.69, 9.17) is 39.8 Å². The zero-order valence-corrected chi connectivity index (χ0v) is 20.5. The van der Waals surface area contributed by atoms with Gasteiger partial charge in [-0.3, -0.25) is 10.1 Å². The molecular weight excluding hydrogens is 493 g/mol. The van der Waals surface area contributed by atoms with E-state index < -0.39 is 5.91 Å². The maximum absolute atomic E-state index is 12.2. The van der Waals surface area contributed by atoms with Gasteiger partial charge in [0.25, 0.3) is 0 Å². The molecule has 0 unspecified atom stereocenters. The SMILES string of the molecule is Cc1cc2nc(-c3cc(NC(=S)NC(=O)C=Cc4ccc(Cl)cc4Cl)ccc3O)oc2cc1C. The van der Waals surface area contributed by atoms with Gasteiger partial charge in [0.2, 0.25) is 11.8 Å². The van der Waals surface area contributed by atoms with Crippen LogP contribution in [0.1, 0.15) is 16.7 Å². The molecule has 0 fully saturated rings. The molecule has 0 saturated carbocycles. The number of thiocarbonyl (C=S) groups is 1. The first kappa shape index (κ1) is 23.8. The van der Waals surface area contributed by atoms with E-state index in [2.05, 4.69) is 15.6 Å². The van der Waals surface area contributed by atoms with E-state index in [9.17, 15) is 9.90 Å². The Bertz CT molecular complexity index is 1420. The molecule has 172 valence electrons. The molecule has 9 heteroatoms. The van der Waals surface area contributed by atoms with Crippen molar-refractivity contribution in [2.45, 2.75) is 13.8 Å². The molecule has 3 aromatic carbocycles. The largest absolute Gasteiger partial charge is 0.507 e. The number of nitrogens with one attached hydrogen (secondary N) is 2. The number of phenols is 1. The summed E-state index contributed by atoms with van der Waals surface area (Å²) in [6, 6.07) is 13.6. The Morgan fingerprint density at radius 3 is 2.62 bits per heavy atom. The number of phenolic OH excluding ortho intramolecular Hbond substituents is 1. The van der Waals surface area contributed by atoms with Gasteiger partial charge in [0.1, 0.15) is 11.3 Å². The molecule has 0 saturated heterocycles. The van der Waals surface area contributed by atoms with E-state index in [1.165, 1.54) is 12.1 Å². The maximum Gasteiger partial charge on any atom is 0.250 e. The Morgan fingerprint density at radius 1 is 1.09 bits per heavy atom. The van der Waals surface area contributed by atoms with E-state index >= 15 is 0 Å².